The minimum atomic E-state index is -4.48. The predicted octanol–water partition coefficient (Wildman–Crippen LogP) is 1.25. The molecule has 0 unspecified atom stereocenters. The summed E-state index contributed by atoms with van der Waals surface area (Å²) in [6, 6.07) is 0. The van der Waals surface area contributed by atoms with Crippen LogP contribution in [0.2, 0.25) is 0 Å². The summed E-state index contributed by atoms with van der Waals surface area (Å²) in [6.07, 6.45) is 0. The van der Waals surface area contributed by atoms with Crippen LogP contribution in [0.5, 0.6) is 0 Å². The fourth-order valence-electron chi connectivity index (χ4n) is 0. The Morgan fingerprint density at radius 3 is 1.25 bits per heavy atom. The van der Waals surface area contributed by atoms with E-state index in [1.54, 1.807) is 0 Å². The van der Waals surface area contributed by atoms with Crippen molar-refractivity contribution in [3.8, 4) is 0 Å². The van der Waals surface area contributed by atoms with E-state index in [4.69, 9.17) is 19.8 Å². The van der Waals surface area contributed by atoms with E-state index in [1.165, 1.54) is 0 Å². The van der Waals surface area contributed by atoms with Crippen molar-refractivity contribution in [3.63, 3.8) is 0 Å². The van der Waals surface area contributed by atoms with E-state index in [-0.39, 0.29) is 0 Å². The van der Waals surface area contributed by atoms with Gasteiger partial charge in [-0.2, -0.15) is 0 Å². The van der Waals surface area contributed by atoms with Gasteiger partial charge in [0.2, 0.25) is 0 Å². The maximum atomic E-state index is 9.78. The zero-order chi connectivity index (χ0) is 10.7. The Kier molecular flexibility index (Phi) is 18.7. The van der Waals surface area contributed by atoms with Gasteiger partial charge in [-0.15, -0.1) is 0 Å². The van der Waals surface area contributed by atoms with E-state index >= 15 is 0 Å². The predicted molar refractivity (Wildman–Crippen MR) is 29.6 cm³/mol. The van der Waals surface area contributed by atoms with E-state index < -0.39 is 30.2 Å². The summed E-state index contributed by atoms with van der Waals surface area (Å²) in [5.74, 6) is -1.92. The van der Waals surface area contributed by atoms with Crippen LogP contribution >= 0.6 is 0 Å². The quantitative estimate of drug-likeness (QED) is 0.518. The van der Waals surface area contributed by atoms with Gasteiger partial charge in [0.25, 0.3) is 5.97 Å². The molecule has 0 aliphatic heterocycles. The van der Waals surface area contributed by atoms with Crippen molar-refractivity contribution in [2.24, 2.45) is 0 Å². The number of carboxylic acids is 2. The fourth-order valence-corrected chi connectivity index (χ4v) is 0. The monoisotopic (exact) mass is 282 g/mol. The van der Waals surface area contributed by atoms with Crippen LogP contribution in [0, 0.1) is 6.92 Å². The standard InChI is InChI=1S/C2H4O2.C2H3O2.3FH.Pd/c2*1-2(3)4;;;;/h1H3,(H,3,4);1H2,(H,3,4);3*1H;/q;-1;;;;+3/p-3. The second-order valence-electron chi connectivity index (χ2n) is 1.05. The first kappa shape index (κ1) is 17.4. The molecular formula is C4H7F3O4Pd-. The van der Waals surface area contributed by atoms with Crippen LogP contribution in [-0.4, -0.2) is 22.2 Å². The van der Waals surface area contributed by atoms with E-state index in [1.807, 2.05) is 0 Å². The van der Waals surface area contributed by atoms with Crippen LogP contribution < -0.4 is 0 Å². The molecule has 0 amide bonds. The molecule has 2 N–H and O–H groups in total. The Labute approximate surface area is 74.1 Å². The summed E-state index contributed by atoms with van der Waals surface area (Å²) in [7, 11) is 0. The maximum absolute atomic E-state index is 9.78. The summed E-state index contributed by atoms with van der Waals surface area (Å²) in [5, 5.41) is 14.7. The van der Waals surface area contributed by atoms with Crippen molar-refractivity contribution in [2.75, 3.05) is 0 Å². The van der Waals surface area contributed by atoms with E-state index in [2.05, 4.69) is 6.92 Å². The van der Waals surface area contributed by atoms with Crippen molar-refractivity contribution in [3.05, 3.63) is 6.92 Å². The molecule has 0 saturated heterocycles. The molecule has 0 atom stereocenters. The zero-order valence-corrected chi connectivity index (χ0v) is 7.42. The van der Waals surface area contributed by atoms with E-state index in [0.29, 0.717) is 0 Å². The average Bonchev–Trinajstić information content (AvgIpc) is 1.54. The zero-order valence-electron chi connectivity index (χ0n) is 5.87. The molecule has 0 spiro atoms. The van der Waals surface area contributed by atoms with Gasteiger partial charge in [0, 0.05) is 6.92 Å². The molecule has 0 bridgehead atoms. The summed E-state index contributed by atoms with van der Waals surface area (Å²) >= 11 is -4.48. The van der Waals surface area contributed by atoms with Gasteiger partial charge in [0.1, 0.15) is 0 Å². The Morgan fingerprint density at radius 2 is 1.25 bits per heavy atom. The van der Waals surface area contributed by atoms with Gasteiger partial charge >= 0.3 is 28.0 Å². The molecule has 0 radical (unpaired) electrons. The van der Waals surface area contributed by atoms with E-state index in [0.717, 1.165) is 6.92 Å². The molecule has 79 valence electrons. The fraction of sp³-hybridized carbons (Fsp3) is 0.250. The summed E-state index contributed by atoms with van der Waals surface area (Å²) in [5.41, 5.74) is 0. The number of aliphatic carboxylic acids is 2. The molecule has 0 aromatic heterocycles. The molecule has 8 heteroatoms. The number of carboxylic acid groups (broad SMARTS) is 2. The molecule has 0 rings (SSSR count). The first-order valence-corrected chi connectivity index (χ1v) is 3.83. The summed E-state index contributed by atoms with van der Waals surface area (Å²) in [6.45, 7) is 3.64. The van der Waals surface area contributed by atoms with Gasteiger partial charge in [0.05, 0.1) is 0 Å². The van der Waals surface area contributed by atoms with Crippen LogP contribution in [0.15, 0.2) is 0 Å². The van der Waals surface area contributed by atoms with Crippen molar-refractivity contribution in [1.82, 2.24) is 0 Å². The Hall–Kier alpha value is -0.738. The average molecular weight is 283 g/mol. The van der Waals surface area contributed by atoms with Crippen molar-refractivity contribution >= 4 is 11.9 Å². The van der Waals surface area contributed by atoms with Crippen molar-refractivity contribution < 1.29 is 47.8 Å². The topological polar surface area (TPSA) is 74.6 Å². The molecule has 0 fully saturated rings. The Balaban J connectivity index is -0.000000101. The minimum absolute atomic E-state index is 0.833. The number of hydrogen-bond acceptors (Lipinski definition) is 2. The molecular weight excluding hydrogens is 275 g/mol. The van der Waals surface area contributed by atoms with Crippen LogP contribution in [-0.2, 0) is 27.9 Å². The second kappa shape index (κ2) is 12.9. The van der Waals surface area contributed by atoms with Crippen LogP contribution in [0.1, 0.15) is 6.92 Å². The third kappa shape index (κ3) is 1160. The van der Waals surface area contributed by atoms with E-state index in [9.17, 15) is 9.67 Å². The third-order valence-electron chi connectivity index (χ3n) is 0. The van der Waals surface area contributed by atoms with Gasteiger partial charge in [-0.05, 0) is 0 Å². The van der Waals surface area contributed by atoms with Gasteiger partial charge in [-0.25, -0.2) is 0 Å². The molecule has 0 aliphatic carbocycles. The molecule has 12 heavy (non-hydrogen) atoms. The first-order valence-electron chi connectivity index (χ1n) is 2.07. The van der Waals surface area contributed by atoms with Crippen molar-refractivity contribution in [2.45, 2.75) is 6.92 Å². The molecule has 0 aromatic carbocycles. The normalized spacial score (nSPS) is 7.83. The Morgan fingerprint density at radius 1 is 1.25 bits per heavy atom. The number of hydrogen-bond donors (Lipinski definition) is 2. The molecule has 0 heterocycles. The van der Waals surface area contributed by atoms with Crippen LogP contribution in [0.25, 0.3) is 0 Å². The molecule has 4 nitrogen and oxygen atoms in total. The number of carbonyl (C=O) groups is 2. The molecule has 0 aliphatic rings. The van der Waals surface area contributed by atoms with Gasteiger partial charge in [0.15, 0.2) is 5.97 Å². The second-order valence-corrected chi connectivity index (χ2v) is 1.71. The van der Waals surface area contributed by atoms with Crippen LogP contribution in [0.3, 0.4) is 0 Å². The molecule has 0 saturated carbocycles. The summed E-state index contributed by atoms with van der Waals surface area (Å²) < 4.78 is 29.4. The third-order valence-corrected chi connectivity index (χ3v) is 0. The number of rotatable bonds is 0. The van der Waals surface area contributed by atoms with Gasteiger partial charge in [-0.3, -0.25) is 16.5 Å². The van der Waals surface area contributed by atoms with Gasteiger partial charge < -0.3 is 10.2 Å². The first-order chi connectivity index (χ1) is 5.20. The molecule has 0 aromatic rings. The van der Waals surface area contributed by atoms with Crippen molar-refractivity contribution in [1.29, 1.82) is 0 Å². The Bertz CT molecular complexity index is 107. The SMILES string of the molecule is CC(=O)O.[CH2-]C(=O)O.[F][Pd]([F])[F]. The van der Waals surface area contributed by atoms with Crippen LogP contribution in [0.4, 0.5) is 9.67 Å². The number of halogens is 3. The van der Waals surface area contributed by atoms with Gasteiger partial charge in [-0.1, -0.05) is 0 Å². The summed E-state index contributed by atoms with van der Waals surface area (Å²) in [4.78, 5) is 17.9.